The largest absolute Gasteiger partial charge is 0.375 e. The molecule has 0 amide bonds. The van der Waals surface area contributed by atoms with Gasteiger partial charge >= 0.3 is 0 Å². The SMILES string of the molecule is Cc1nc(Cl)c(N2CC(C)OCC2C)nc1C. The van der Waals surface area contributed by atoms with Crippen LogP contribution in [-0.2, 0) is 4.74 Å². The third-order valence-corrected chi connectivity index (χ3v) is 3.38. The van der Waals surface area contributed by atoms with E-state index in [1.807, 2.05) is 13.8 Å². The van der Waals surface area contributed by atoms with E-state index < -0.39 is 0 Å². The van der Waals surface area contributed by atoms with Gasteiger partial charge in [-0.15, -0.1) is 0 Å². The summed E-state index contributed by atoms with van der Waals surface area (Å²) in [5.74, 6) is 0.775. The molecule has 1 aliphatic heterocycles. The Morgan fingerprint density at radius 2 is 1.88 bits per heavy atom. The molecule has 2 atom stereocenters. The van der Waals surface area contributed by atoms with Gasteiger partial charge in [0.05, 0.1) is 30.1 Å². The Bertz CT molecular complexity index is 424. The van der Waals surface area contributed by atoms with E-state index in [9.17, 15) is 0 Å². The Morgan fingerprint density at radius 3 is 2.59 bits per heavy atom. The maximum absolute atomic E-state index is 6.19. The fraction of sp³-hybridized carbons (Fsp3) is 0.667. The molecule has 1 fully saturated rings. The lowest BCUT2D eigenvalue weighted by atomic mass is 10.2. The van der Waals surface area contributed by atoms with Crippen LogP contribution >= 0.6 is 11.6 Å². The van der Waals surface area contributed by atoms with Crippen molar-refractivity contribution >= 4 is 17.4 Å². The highest BCUT2D eigenvalue weighted by molar-refractivity contribution is 6.31. The Morgan fingerprint density at radius 1 is 1.24 bits per heavy atom. The second-order valence-corrected chi connectivity index (χ2v) is 5.01. The molecule has 94 valence electrons. The van der Waals surface area contributed by atoms with Crippen molar-refractivity contribution in [2.45, 2.75) is 39.8 Å². The molecule has 1 saturated heterocycles. The topological polar surface area (TPSA) is 38.2 Å². The number of ether oxygens (including phenoxy) is 1. The fourth-order valence-electron chi connectivity index (χ4n) is 1.95. The number of anilines is 1. The number of morpholine rings is 1. The van der Waals surface area contributed by atoms with E-state index in [1.54, 1.807) is 0 Å². The molecule has 2 unspecified atom stereocenters. The van der Waals surface area contributed by atoms with Crippen LogP contribution in [0.5, 0.6) is 0 Å². The van der Waals surface area contributed by atoms with Crippen molar-refractivity contribution in [3.63, 3.8) is 0 Å². The Hall–Kier alpha value is -0.870. The van der Waals surface area contributed by atoms with Gasteiger partial charge in [0.25, 0.3) is 0 Å². The fourth-order valence-corrected chi connectivity index (χ4v) is 2.22. The lowest BCUT2D eigenvalue weighted by Crippen LogP contribution is -2.48. The molecule has 0 aromatic carbocycles. The smallest absolute Gasteiger partial charge is 0.171 e. The zero-order valence-corrected chi connectivity index (χ0v) is 11.5. The van der Waals surface area contributed by atoms with E-state index in [0.29, 0.717) is 11.8 Å². The van der Waals surface area contributed by atoms with Crippen LogP contribution in [0.1, 0.15) is 25.2 Å². The molecule has 0 aliphatic carbocycles. The molecular weight excluding hydrogens is 238 g/mol. The maximum atomic E-state index is 6.19. The maximum Gasteiger partial charge on any atom is 0.171 e. The van der Waals surface area contributed by atoms with Gasteiger partial charge in [-0.2, -0.15) is 0 Å². The van der Waals surface area contributed by atoms with Crippen molar-refractivity contribution in [1.29, 1.82) is 0 Å². The first-order valence-corrected chi connectivity index (χ1v) is 6.25. The third-order valence-electron chi connectivity index (χ3n) is 3.13. The number of hydrogen-bond acceptors (Lipinski definition) is 4. The van der Waals surface area contributed by atoms with E-state index in [2.05, 4.69) is 28.7 Å². The number of aryl methyl sites for hydroxylation is 2. The molecule has 2 heterocycles. The molecule has 0 N–H and O–H groups in total. The van der Waals surface area contributed by atoms with E-state index >= 15 is 0 Å². The first-order chi connectivity index (χ1) is 7.99. The molecule has 0 radical (unpaired) electrons. The van der Waals surface area contributed by atoms with Crippen LogP contribution in [0.3, 0.4) is 0 Å². The lowest BCUT2D eigenvalue weighted by Gasteiger charge is -2.37. The number of halogens is 1. The summed E-state index contributed by atoms with van der Waals surface area (Å²) < 4.78 is 5.60. The van der Waals surface area contributed by atoms with Crippen LogP contribution in [0.2, 0.25) is 5.15 Å². The highest BCUT2D eigenvalue weighted by Crippen LogP contribution is 2.26. The number of hydrogen-bond donors (Lipinski definition) is 0. The molecule has 0 spiro atoms. The molecule has 5 heteroatoms. The normalized spacial score (nSPS) is 25.1. The highest BCUT2D eigenvalue weighted by Gasteiger charge is 2.27. The van der Waals surface area contributed by atoms with Crippen LogP contribution in [-0.4, -0.2) is 35.3 Å². The number of nitrogens with zero attached hydrogens (tertiary/aromatic N) is 3. The second-order valence-electron chi connectivity index (χ2n) is 4.65. The summed E-state index contributed by atoms with van der Waals surface area (Å²) in [6.45, 7) is 9.55. The van der Waals surface area contributed by atoms with Gasteiger partial charge in [0, 0.05) is 6.54 Å². The standard InChI is InChI=1S/C12H18ClN3O/c1-7-6-17-8(2)5-16(7)12-11(13)14-9(3)10(4)15-12/h7-8H,5-6H2,1-4H3. The van der Waals surface area contributed by atoms with Crippen LogP contribution in [0.25, 0.3) is 0 Å². The summed E-state index contributed by atoms with van der Waals surface area (Å²) in [6, 6.07) is 0.278. The van der Waals surface area contributed by atoms with Crippen LogP contribution in [0, 0.1) is 13.8 Å². The summed E-state index contributed by atoms with van der Waals surface area (Å²) in [5, 5.41) is 0.481. The van der Waals surface area contributed by atoms with E-state index in [-0.39, 0.29) is 12.1 Å². The van der Waals surface area contributed by atoms with Gasteiger partial charge < -0.3 is 9.64 Å². The van der Waals surface area contributed by atoms with Gasteiger partial charge in [-0.05, 0) is 27.7 Å². The first-order valence-electron chi connectivity index (χ1n) is 5.88. The van der Waals surface area contributed by atoms with Crippen molar-refractivity contribution in [3.8, 4) is 0 Å². The quantitative estimate of drug-likeness (QED) is 0.772. The average molecular weight is 256 g/mol. The third kappa shape index (κ3) is 2.53. The van der Waals surface area contributed by atoms with Gasteiger partial charge in [0.15, 0.2) is 11.0 Å². The van der Waals surface area contributed by atoms with Crippen LogP contribution < -0.4 is 4.90 Å². The minimum absolute atomic E-state index is 0.200. The van der Waals surface area contributed by atoms with Crippen LogP contribution in [0.15, 0.2) is 0 Å². The summed E-state index contributed by atoms with van der Waals surface area (Å²) >= 11 is 6.19. The van der Waals surface area contributed by atoms with Crippen molar-refractivity contribution in [3.05, 3.63) is 16.5 Å². The van der Waals surface area contributed by atoms with E-state index in [1.165, 1.54) is 0 Å². The summed E-state index contributed by atoms with van der Waals surface area (Å²) in [7, 11) is 0. The molecule has 0 saturated carbocycles. The van der Waals surface area contributed by atoms with Crippen LogP contribution in [0.4, 0.5) is 5.82 Å². The van der Waals surface area contributed by atoms with E-state index in [4.69, 9.17) is 16.3 Å². The van der Waals surface area contributed by atoms with Crippen molar-refractivity contribution < 1.29 is 4.74 Å². The minimum atomic E-state index is 0.200. The molecular formula is C12H18ClN3O. The predicted octanol–water partition coefficient (Wildman–Crippen LogP) is 2.36. The zero-order valence-electron chi connectivity index (χ0n) is 10.7. The summed E-state index contributed by atoms with van der Waals surface area (Å²) in [6.07, 6.45) is 0.200. The van der Waals surface area contributed by atoms with Crippen molar-refractivity contribution in [1.82, 2.24) is 9.97 Å². The Balaban J connectivity index is 2.35. The Kier molecular flexibility index (Phi) is 3.54. The number of rotatable bonds is 1. The molecule has 17 heavy (non-hydrogen) atoms. The van der Waals surface area contributed by atoms with Gasteiger partial charge in [-0.3, -0.25) is 0 Å². The lowest BCUT2D eigenvalue weighted by molar-refractivity contribution is 0.0340. The van der Waals surface area contributed by atoms with E-state index in [0.717, 1.165) is 23.8 Å². The average Bonchev–Trinajstić information content (AvgIpc) is 2.27. The first kappa shape index (κ1) is 12.6. The van der Waals surface area contributed by atoms with Gasteiger partial charge in [-0.25, -0.2) is 9.97 Å². The predicted molar refractivity (Wildman–Crippen MR) is 68.7 cm³/mol. The van der Waals surface area contributed by atoms with Crippen molar-refractivity contribution in [2.75, 3.05) is 18.1 Å². The molecule has 4 nitrogen and oxygen atoms in total. The highest BCUT2D eigenvalue weighted by atomic mass is 35.5. The number of aromatic nitrogens is 2. The second kappa shape index (κ2) is 4.78. The summed E-state index contributed by atoms with van der Waals surface area (Å²) in [5.41, 5.74) is 1.81. The monoisotopic (exact) mass is 255 g/mol. The van der Waals surface area contributed by atoms with Gasteiger partial charge in [0.2, 0.25) is 0 Å². The molecule has 2 rings (SSSR count). The van der Waals surface area contributed by atoms with Gasteiger partial charge in [-0.1, -0.05) is 11.6 Å². The molecule has 0 bridgehead atoms. The van der Waals surface area contributed by atoms with Gasteiger partial charge in [0.1, 0.15) is 0 Å². The minimum Gasteiger partial charge on any atom is -0.375 e. The zero-order chi connectivity index (χ0) is 12.6. The molecule has 1 aromatic heterocycles. The summed E-state index contributed by atoms with van der Waals surface area (Å²) in [4.78, 5) is 11.1. The molecule has 1 aromatic rings. The Labute approximate surface area is 107 Å². The van der Waals surface area contributed by atoms with Crippen molar-refractivity contribution in [2.24, 2.45) is 0 Å². The molecule has 1 aliphatic rings.